The van der Waals surface area contributed by atoms with Gasteiger partial charge in [0.15, 0.2) is 5.78 Å². The van der Waals surface area contributed by atoms with Crippen LogP contribution >= 0.6 is 11.6 Å². The third-order valence-electron chi connectivity index (χ3n) is 4.12. The van der Waals surface area contributed by atoms with E-state index < -0.39 is 0 Å². The van der Waals surface area contributed by atoms with Crippen molar-refractivity contribution >= 4 is 17.4 Å². The number of Topliss-reactive ketones (excluding diaryl/α,β-unsaturated/α-hetero) is 1. The molecule has 0 N–H and O–H groups in total. The molecule has 0 aliphatic carbocycles. The van der Waals surface area contributed by atoms with Crippen LogP contribution < -0.4 is 0 Å². The van der Waals surface area contributed by atoms with Crippen LogP contribution in [-0.2, 0) is 6.54 Å². The van der Waals surface area contributed by atoms with Crippen LogP contribution in [0.1, 0.15) is 27.3 Å². The lowest BCUT2D eigenvalue weighted by Gasteiger charge is -2.13. The van der Waals surface area contributed by atoms with E-state index in [2.05, 4.69) is 4.57 Å². The number of rotatable bonds is 4. The lowest BCUT2D eigenvalue weighted by Crippen LogP contribution is -2.10. The molecule has 0 unspecified atom stereocenters. The second kappa shape index (κ2) is 6.09. The number of aryl methyl sites for hydroxylation is 2. The number of halogens is 1. The van der Waals surface area contributed by atoms with Crippen LogP contribution in [0.2, 0.25) is 5.02 Å². The van der Waals surface area contributed by atoms with Crippen molar-refractivity contribution in [3.63, 3.8) is 0 Å². The Morgan fingerprint density at radius 2 is 1.78 bits per heavy atom. The van der Waals surface area contributed by atoms with Crippen LogP contribution in [0.15, 0.2) is 48.8 Å². The number of hydrogen-bond acceptors (Lipinski definition) is 1. The minimum atomic E-state index is 0.118. The van der Waals surface area contributed by atoms with Gasteiger partial charge >= 0.3 is 0 Å². The first-order valence-electron chi connectivity index (χ1n) is 7.57. The molecule has 0 radical (unpaired) electrons. The lowest BCUT2D eigenvalue weighted by atomic mass is 10.1. The predicted molar refractivity (Wildman–Crippen MR) is 93.8 cm³/mol. The highest BCUT2D eigenvalue weighted by Crippen LogP contribution is 2.25. The normalized spacial score (nSPS) is 11.0. The molecule has 23 heavy (non-hydrogen) atoms. The van der Waals surface area contributed by atoms with E-state index in [4.69, 9.17) is 11.6 Å². The van der Waals surface area contributed by atoms with Crippen LogP contribution in [0, 0.1) is 20.8 Å². The van der Waals surface area contributed by atoms with Crippen molar-refractivity contribution in [3.05, 3.63) is 76.3 Å². The Morgan fingerprint density at radius 1 is 1.09 bits per heavy atom. The molecule has 2 aromatic heterocycles. The summed E-state index contributed by atoms with van der Waals surface area (Å²) >= 11 is 6.05. The summed E-state index contributed by atoms with van der Waals surface area (Å²) in [5, 5.41) is 0.720. The molecule has 3 nitrogen and oxygen atoms in total. The highest BCUT2D eigenvalue weighted by Gasteiger charge is 2.17. The SMILES string of the molecule is Cc1cc(Cl)ccc1-n1c(C)cc(C(=O)Cn2cccc2)c1C. The summed E-state index contributed by atoms with van der Waals surface area (Å²) in [6.07, 6.45) is 3.81. The van der Waals surface area contributed by atoms with Gasteiger partial charge < -0.3 is 9.13 Å². The Bertz CT molecular complexity index is 860. The van der Waals surface area contributed by atoms with Crippen molar-refractivity contribution in [2.45, 2.75) is 27.3 Å². The first-order valence-corrected chi connectivity index (χ1v) is 7.94. The molecule has 118 valence electrons. The molecule has 1 aromatic carbocycles. The van der Waals surface area contributed by atoms with Crippen LogP contribution in [-0.4, -0.2) is 14.9 Å². The molecule has 0 atom stereocenters. The Kier molecular flexibility index (Phi) is 4.14. The maximum Gasteiger partial charge on any atom is 0.184 e. The fraction of sp³-hybridized carbons (Fsp3) is 0.211. The number of carbonyl (C=O) groups excluding carboxylic acids is 1. The van der Waals surface area contributed by atoms with Gasteiger partial charge in [0.1, 0.15) is 0 Å². The molecule has 0 spiro atoms. The number of ketones is 1. The smallest absolute Gasteiger partial charge is 0.184 e. The predicted octanol–water partition coefficient (Wildman–Crippen LogP) is 4.74. The van der Waals surface area contributed by atoms with Gasteiger partial charge in [-0.3, -0.25) is 4.79 Å². The van der Waals surface area contributed by atoms with Gasteiger partial charge in [0.05, 0.1) is 6.54 Å². The van der Waals surface area contributed by atoms with E-state index in [0.29, 0.717) is 6.54 Å². The van der Waals surface area contributed by atoms with Gasteiger partial charge in [-0.15, -0.1) is 0 Å². The Balaban J connectivity index is 2.01. The molecule has 0 bridgehead atoms. The highest BCUT2D eigenvalue weighted by molar-refractivity contribution is 6.30. The molecule has 0 fully saturated rings. The quantitative estimate of drug-likeness (QED) is 0.636. The van der Waals surface area contributed by atoms with E-state index in [9.17, 15) is 4.79 Å². The number of nitrogens with zero attached hydrogens (tertiary/aromatic N) is 2. The number of aromatic nitrogens is 2. The van der Waals surface area contributed by atoms with Crippen molar-refractivity contribution in [2.75, 3.05) is 0 Å². The van der Waals surface area contributed by atoms with Gasteiger partial charge in [-0.05, 0) is 62.7 Å². The van der Waals surface area contributed by atoms with Gasteiger partial charge in [-0.2, -0.15) is 0 Å². The molecule has 4 heteroatoms. The molecule has 0 saturated carbocycles. The first-order chi connectivity index (χ1) is 11.0. The highest BCUT2D eigenvalue weighted by atomic mass is 35.5. The summed E-state index contributed by atoms with van der Waals surface area (Å²) in [4.78, 5) is 12.6. The van der Waals surface area contributed by atoms with E-state index in [0.717, 1.165) is 33.2 Å². The average Bonchev–Trinajstić information content (AvgIpc) is 3.09. The molecule has 0 saturated heterocycles. The minimum Gasteiger partial charge on any atom is -0.347 e. The van der Waals surface area contributed by atoms with E-state index in [1.165, 1.54) is 0 Å². The van der Waals surface area contributed by atoms with Crippen LogP contribution in [0.4, 0.5) is 0 Å². The maximum absolute atomic E-state index is 12.6. The largest absolute Gasteiger partial charge is 0.347 e. The molecule has 0 amide bonds. The lowest BCUT2D eigenvalue weighted by molar-refractivity contribution is 0.0971. The second-order valence-electron chi connectivity index (χ2n) is 5.83. The van der Waals surface area contributed by atoms with Gasteiger partial charge in [0, 0.05) is 40.1 Å². The summed E-state index contributed by atoms with van der Waals surface area (Å²) < 4.78 is 4.01. The topological polar surface area (TPSA) is 26.9 Å². The molecule has 3 aromatic rings. The van der Waals surface area contributed by atoms with Crippen molar-refractivity contribution in [1.29, 1.82) is 0 Å². The zero-order valence-corrected chi connectivity index (χ0v) is 14.3. The molecule has 2 heterocycles. The number of carbonyl (C=O) groups is 1. The molecular formula is C19H19ClN2O. The third kappa shape index (κ3) is 2.97. The molecule has 3 rings (SSSR count). The number of hydrogen-bond donors (Lipinski definition) is 0. The van der Waals surface area contributed by atoms with E-state index in [1.807, 2.05) is 74.1 Å². The van der Waals surface area contributed by atoms with Crippen molar-refractivity contribution in [1.82, 2.24) is 9.13 Å². The van der Waals surface area contributed by atoms with Crippen molar-refractivity contribution in [2.24, 2.45) is 0 Å². The van der Waals surface area contributed by atoms with Crippen molar-refractivity contribution in [3.8, 4) is 5.69 Å². The molecule has 0 aliphatic rings. The van der Waals surface area contributed by atoms with E-state index in [1.54, 1.807) is 0 Å². The Morgan fingerprint density at radius 3 is 2.43 bits per heavy atom. The van der Waals surface area contributed by atoms with Gasteiger partial charge in [-0.25, -0.2) is 0 Å². The monoisotopic (exact) mass is 326 g/mol. The van der Waals surface area contributed by atoms with Gasteiger partial charge in [0.2, 0.25) is 0 Å². The third-order valence-corrected chi connectivity index (χ3v) is 4.36. The van der Waals surface area contributed by atoms with Crippen LogP contribution in [0.3, 0.4) is 0 Å². The summed E-state index contributed by atoms with van der Waals surface area (Å²) in [5.74, 6) is 0.118. The zero-order chi connectivity index (χ0) is 16.6. The Hall–Kier alpha value is -2.26. The van der Waals surface area contributed by atoms with E-state index in [-0.39, 0.29) is 5.78 Å². The maximum atomic E-state index is 12.6. The molecular weight excluding hydrogens is 308 g/mol. The zero-order valence-electron chi connectivity index (χ0n) is 13.5. The fourth-order valence-corrected chi connectivity index (χ4v) is 3.24. The van der Waals surface area contributed by atoms with Gasteiger partial charge in [0.25, 0.3) is 0 Å². The average molecular weight is 327 g/mol. The Labute approximate surface area is 141 Å². The van der Waals surface area contributed by atoms with E-state index >= 15 is 0 Å². The second-order valence-corrected chi connectivity index (χ2v) is 6.27. The standard InChI is InChI=1S/C19H19ClN2O/c1-13-10-16(20)6-7-18(13)22-14(2)11-17(15(22)3)19(23)12-21-8-4-5-9-21/h4-11H,12H2,1-3H3. The summed E-state index contributed by atoms with van der Waals surface area (Å²) in [6.45, 7) is 6.40. The van der Waals surface area contributed by atoms with Crippen molar-refractivity contribution < 1.29 is 4.79 Å². The summed E-state index contributed by atoms with van der Waals surface area (Å²) in [5.41, 5.74) is 4.92. The summed E-state index contributed by atoms with van der Waals surface area (Å²) in [7, 11) is 0. The van der Waals surface area contributed by atoms with Gasteiger partial charge in [-0.1, -0.05) is 11.6 Å². The first kappa shape index (κ1) is 15.6. The van der Waals surface area contributed by atoms with Crippen LogP contribution in [0.25, 0.3) is 5.69 Å². The fourth-order valence-electron chi connectivity index (χ4n) is 3.01. The summed E-state index contributed by atoms with van der Waals surface area (Å²) in [6, 6.07) is 11.6. The molecule has 0 aliphatic heterocycles. The number of benzene rings is 1. The minimum absolute atomic E-state index is 0.118. The van der Waals surface area contributed by atoms with Crippen LogP contribution in [0.5, 0.6) is 0 Å².